The van der Waals surface area contributed by atoms with Crippen LogP contribution in [0, 0.1) is 18.6 Å². The molecule has 49 heavy (non-hydrogen) atoms. The van der Waals surface area contributed by atoms with E-state index in [1.807, 2.05) is 43.8 Å². The van der Waals surface area contributed by atoms with Crippen LogP contribution in [0.15, 0.2) is 54.7 Å². The normalized spacial score (nSPS) is 15.5. The van der Waals surface area contributed by atoms with Gasteiger partial charge in [-0.15, -0.1) is 0 Å². The molecule has 0 radical (unpaired) electrons. The highest BCUT2D eigenvalue weighted by Gasteiger charge is 2.30. The number of aryl methyl sites for hydroxylation is 2. The van der Waals surface area contributed by atoms with E-state index in [1.165, 1.54) is 18.9 Å². The summed E-state index contributed by atoms with van der Waals surface area (Å²) < 4.78 is 40.4. The molecule has 9 nitrogen and oxygen atoms in total. The van der Waals surface area contributed by atoms with Crippen molar-refractivity contribution in [2.75, 3.05) is 37.5 Å². The van der Waals surface area contributed by atoms with Crippen LogP contribution in [-0.2, 0) is 18.3 Å². The largest absolute Gasteiger partial charge is 0.496 e. The molecule has 11 heteroatoms. The van der Waals surface area contributed by atoms with Crippen LogP contribution in [0.3, 0.4) is 0 Å². The predicted octanol–water partition coefficient (Wildman–Crippen LogP) is 6.73. The summed E-state index contributed by atoms with van der Waals surface area (Å²) in [6, 6.07) is 9.56. The number of fused-ring (bicyclic) bond motifs is 4. The lowest BCUT2D eigenvalue weighted by atomic mass is 9.96. The molecule has 254 valence electrons. The smallest absolute Gasteiger partial charge is 0.248 e. The first-order valence-electron chi connectivity index (χ1n) is 16.6. The van der Waals surface area contributed by atoms with Gasteiger partial charge in [-0.1, -0.05) is 25.0 Å². The molecular weight excluding hydrogens is 626 g/mol. The van der Waals surface area contributed by atoms with E-state index >= 15 is 8.78 Å². The fourth-order valence-electron chi connectivity index (χ4n) is 7.44. The van der Waals surface area contributed by atoms with Gasteiger partial charge in [0.05, 0.1) is 35.1 Å². The number of ketones is 1. The molecule has 1 aliphatic carbocycles. The van der Waals surface area contributed by atoms with E-state index in [0.717, 1.165) is 69.7 Å². The first-order valence-corrected chi connectivity index (χ1v) is 16.6. The van der Waals surface area contributed by atoms with Crippen molar-refractivity contribution in [1.29, 1.82) is 0 Å². The zero-order valence-electron chi connectivity index (χ0n) is 28.4. The van der Waals surface area contributed by atoms with Crippen molar-refractivity contribution in [2.24, 2.45) is 7.05 Å². The maximum Gasteiger partial charge on any atom is 0.248 e. The monoisotopic (exact) mass is 666 g/mol. The summed E-state index contributed by atoms with van der Waals surface area (Å²) in [5.74, 6) is -1.72. The second-order valence-electron chi connectivity index (χ2n) is 13.4. The molecular formula is C38H40F2N6O3. The van der Waals surface area contributed by atoms with Crippen molar-refractivity contribution >= 4 is 39.6 Å². The van der Waals surface area contributed by atoms with Crippen molar-refractivity contribution in [2.45, 2.75) is 51.5 Å². The van der Waals surface area contributed by atoms with Crippen LogP contribution in [0.5, 0.6) is 5.75 Å². The zero-order valence-corrected chi connectivity index (χ0v) is 28.4. The van der Waals surface area contributed by atoms with Gasteiger partial charge < -0.3 is 29.2 Å². The molecule has 1 aliphatic heterocycles. The van der Waals surface area contributed by atoms with Crippen LogP contribution in [0.1, 0.15) is 60.0 Å². The number of ether oxygens (including phenoxy) is 1. The van der Waals surface area contributed by atoms with Crippen LogP contribution >= 0.6 is 0 Å². The maximum absolute atomic E-state index is 15.3. The van der Waals surface area contributed by atoms with Gasteiger partial charge in [0.25, 0.3) is 0 Å². The highest BCUT2D eigenvalue weighted by molar-refractivity contribution is 6.11. The Labute approximate surface area is 283 Å². The molecule has 7 rings (SSSR count). The van der Waals surface area contributed by atoms with Gasteiger partial charge in [-0.25, -0.2) is 13.8 Å². The van der Waals surface area contributed by atoms with E-state index < -0.39 is 29.0 Å². The number of nitrogens with zero attached hydrogens (tertiary/aromatic N) is 4. The quantitative estimate of drug-likeness (QED) is 0.141. The minimum Gasteiger partial charge on any atom is -0.496 e. The number of hydrogen-bond donors (Lipinski definition) is 2. The van der Waals surface area contributed by atoms with Crippen molar-refractivity contribution in [3.05, 3.63) is 89.0 Å². The Morgan fingerprint density at radius 2 is 1.84 bits per heavy atom. The standard InChI is InChI=1S/C38H40F2N6O3/c1-22-42-34-28(45(22)4)21-30(49-5)32-25-10-9-16-46-29(20-23(35(25)46)12-17-44(3)36(32)34)37(48)24-18-26(39)33(27(40)19-24)43-31(47)11-8-15-41-38(2)13-6-7-14-38/h8-11,16,18-21,41H,6-7,12-15,17H2,1-5H3,(H,43,47)/b11-8+. The number of pyridine rings is 1. The molecule has 0 atom stereocenters. The van der Waals surface area contributed by atoms with E-state index in [0.29, 0.717) is 25.3 Å². The number of anilines is 2. The number of benzene rings is 2. The van der Waals surface area contributed by atoms with Crippen LogP contribution in [0.25, 0.3) is 27.7 Å². The number of rotatable bonds is 8. The number of hydrogen-bond acceptors (Lipinski definition) is 6. The van der Waals surface area contributed by atoms with Gasteiger partial charge in [0, 0.05) is 62.2 Å². The Kier molecular flexibility index (Phi) is 8.26. The third kappa shape index (κ3) is 5.65. The van der Waals surface area contributed by atoms with Crippen molar-refractivity contribution < 1.29 is 23.1 Å². The van der Waals surface area contributed by atoms with Crippen molar-refractivity contribution in [3.8, 4) is 16.9 Å². The average molecular weight is 667 g/mol. The summed E-state index contributed by atoms with van der Waals surface area (Å²) in [5, 5.41) is 5.72. The zero-order chi connectivity index (χ0) is 34.6. The van der Waals surface area contributed by atoms with Gasteiger partial charge in [-0.2, -0.15) is 0 Å². The molecule has 4 heterocycles. The number of aromatic nitrogens is 3. The highest BCUT2D eigenvalue weighted by atomic mass is 19.1. The van der Waals surface area contributed by atoms with Crippen molar-refractivity contribution in [3.63, 3.8) is 0 Å². The van der Waals surface area contributed by atoms with Crippen LogP contribution in [-0.4, -0.2) is 58.4 Å². The molecule has 1 saturated carbocycles. The third-order valence-electron chi connectivity index (χ3n) is 10.2. The first kappa shape index (κ1) is 32.5. The van der Waals surface area contributed by atoms with E-state index in [1.54, 1.807) is 29.8 Å². The van der Waals surface area contributed by atoms with Crippen LogP contribution < -0.4 is 20.3 Å². The predicted molar refractivity (Wildman–Crippen MR) is 188 cm³/mol. The number of amides is 1. The number of methoxy groups -OCH3 is 1. The Hall–Kier alpha value is -5.03. The van der Waals surface area contributed by atoms with E-state index in [9.17, 15) is 9.59 Å². The SMILES string of the molecule is COc1cc2c(nc(C)n2C)c2c1-c1cccn3c(C(=O)c4cc(F)c(NC(=O)/C=C/CNC5(C)CCCC5)c(F)c4)cc(c13)CCN2C. The Morgan fingerprint density at radius 3 is 2.55 bits per heavy atom. The van der Waals surface area contributed by atoms with E-state index in [2.05, 4.69) is 22.5 Å². The summed E-state index contributed by atoms with van der Waals surface area (Å²) >= 11 is 0. The molecule has 2 aromatic carbocycles. The fourth-order valence-corrected chi connectivity index (χ4v) is 7.44. The Morgan fingerprint density at radius 1 is 1.10 bits per heavy atom. The molecule has 0 spiro atoms. The molecule has 0 bridgehead atoms. The van der Waals surface area contributed by atoms with Crippen LogP contribution in [0.4, 0.5) is 20.2 Å². The summed E-state index contributed by atoms with van der Waals surface area (Å²) in [6.45, 7) is 5.22. The van der Waals surface area contributed by atoms with E-state index in [-0.39, 0.29) is 16.8 Å². The van der Waals surface area contributed by atoms with Gasteiger partial charge in [0.1, 0.15) is 34.4 Å². The number of imidazole rings is 1. The summed E-state index contributed by atoms with van der Waals surface area (Å²) in [4.78, 5) is 33.5. The summed E-state index contributed by atoms with van der Waals surface area (Å²) in [5.41, 5.74) is 5.75. The average Bonchev–Trinajstić information content (AvgIpc) is 3.76. The van der Waals surface area contributed by atoms with E-state index in [4.69, 9.17) is 9.72 Å². The number of carbonyl (C=O) groups is 2. The number of halogens is 2. The van der Waals surface area contributed by atoms with Gasteiger partial charge in [0.15, 0.2) is 0 Å². The minimum atomic E-state index is -1.03. The lowest BCUT2D eigenvalue weighted by Gasteiger charge is -2.27. The molecule has 1 fully saturated rings. The van der Waals surface area contributed by atoms with Gasteiger partial charge in [0.2, 0.25) is 11.7 Å². The fraction of sp³-hybridized carbons (Fsp3) is 0.342. The topological polar surface area (TPSA) is 92.9 Å². The molecule has 0 saturated heterocycles. The molecule has 5 aromatic rings. The Balaban J connectivity index is 1.22. The van der Waals surface area contributed by atoms with Gasteiger partial charge in [-0.3, -0.25) is 9.59 Å². The number of nitrogens with one attached hydrogen (secondary N) is 2. The number of likely N-dealkylation sites (N-methyl/N-ethyl adjacent to an activating group) is 1. The molecule has 2 aliphatic rings. The lowest BCUT2D eigenvalue weighted by Crippen LogP contribution is -2.39. The maximum atomic E-state index is 15.3. The Bertz CT molecular complexity index is 2150. The van der Waals surface area contributed by atoms with Gasteiger partial charge >= 0.3 is 0 Å². The van der Waals surface area contributed by atoms with Crippen molar-refractivity contribution in [1.82, 2.24) is 19.3 Å². The summed E-state index contributed by atoms with van der Waals surface area (Å²) in [6.07, 6.45) is 9.78. The van der Waals surface area contributed by atoms with Gasteiger partial charge in [-0.05, 0) is 62.9 Å². The van der Waals surface area contributed by atoms with Crippen LogP contribution in [0.2, 0.25) is 0 Å². The summed E-state index contributed by atoms with van der Waals surface area (Å²) in [7, 11) is 5.63. The lowest BCUT2D eigenvalue weighted by molar-refractivity contribution is -0.112. The molecule has 2 N–H and O–H groups in total. The molecule has 3 aromatic heterocycles. The first-order chi connectivity index (χ1) is 23.5. The number of carbonyl (C=O) groups excluding carboxylic acids is 2. The minimum absolute atomic E-state index is 0.0461. The second-order valence-corrected chi connectivity index (χ2v) is 13.4. The molecule has 1 amide bonds. The second kappa shape index (κ2) is 12.5. The molecule has 0 unspecified atom stereocenters. The third-order valence-corrected chi connectivity index (χ3v) is 10.2. The highest BCUT2D eigenvalue weighted by Crippen LogP contribution is 2.47.